The zero-order valence-corrected chi connectivity index (χ0v) is 18.1. The number of carbonyl (C=O) groups is 2. The summed E-state index contributed by atoms with van der Waals surface area (Å²) in [5.74, 6) is 1.07. The number of aromatic nitrogens is 1. The van der Waals surface area contributed by atoms with Crippen LogP contribution in [0, 0.1) is 6.92 Å². The molecule has 0 spiro atoms. The lowest BCUT2D eigenvalue weighted by molar-refractivity contribution is -0.136. The van der Waals surface area contributed by atoms with E-state index >= 15 is 0 Å². The molecule has 0 saturated carbocycles. The van der Waals surface area contributed by atoms with Crippen molar-refractivity contribution >= 4 is 12.1 Å². The lowest BCUT2D eigenvalue weighted by Gasteiger charge is -2.13. The Labute approximate surface area is 186 Å². The number of benzene rings is 2. The molecular formula is C24H26N2O6. The van der Waals surface area contributed by atoms with Crippen LogP contribution in [0.2, 0.25) is 0 Å². The summed E-state index contributed by atoms with van der Waals surface area (Å²) in [4.78, 5) is 26.9. The monoisotopic (exact) mass is 438 g/mol. The molecule has 2 aromatic carbocycles. The largest absolute Gasteiger partial charge is 0.493 e. The number of oxazole rings is 1. The van der Waals surface area contributed by atoms with Gasteiger partial charge in [0.25, 0.3) is 0 Å². The first kappa shape index (κ1) is 22.9. The summed E-state index contributed by atoms with van der Waals surface area (Å²) in [7, 11) is 1.29. The van der Waals surface area contributed by atoms with Crippen LogP contribution in [0.5, 0.6) is 5.75 Å². The minimum absolute atomic E-state index is 0.000607. The highest BCUT2D eigenvalue weighted by Crippen LogP contribution is 2.23. The summed E-state index contributed by atoms with van der Waals surface area (Å²) in [6.45, 7) is 2.48. The number of hydrogen-bond acceptors (Lipinski definition) is 6. The first-order chi connectivity index (χ1) is 15.5. The van der Waals surface area contributed by atoms with E-state index in [2.05, 4.69) is 15.0 Å². The van der Waals surface area contributed by atoms with Crippen molar-refractivity contribution in [1.29, 1.82) is 0 Å². The maximum absolute atomic E-state index is 11.4. The molecule has 168 valence electrons. The van der Waals surface area contributed by atoms with Crippen LogP contribution < -0.4 is 10.1 Å². The highest BCUT2D eigenvalue weighted by molar-refractivity contribution is 5.68. The van der Waals surface area contributed by atoms with Crippen LogP contribution in [0.4, 0.5) is 4.79 Å². The molecule has 0 fully saturated rings. The average Bonchev–Trinajstić information content (AvgIpc) is 3.17. The van der Waals surface area contributed by atoms with Gasteiger partial charge in [0.1, 0.15) is 11.5 Å². The molecule has 0 saturated heterocycles. The summed E-state index contributed by atoms with van der Waals surface area (Å²) in [6, 6.07) is 15.1. The molecule has 1 amide bonds. The van der Waals surface area contributed by atoms with Crippen molar-refractivity contribution in [3.63, 3.8) is 0 Å². The van der Waals surface area contributed by atoms with Gasteiger partial charge in [0.2, 0.25) is 5.89 Å². The Morgan fingerprint density at radius 1 is 1.09 bits per heavy atom. The van der Waals surface area contributed by atoms with Crippen molar-refractivity contribution in [2.45, 2.75) is 32.7 Å². The predicted octanol–water partition coefficient (Wildman–Crippen LogP) is 4.14. The van der Waals surface area contributed by atoms with Gasteiger partial charge in [-0.05, 0) is 48.7 Å². The van der Waals surface area contributed by atoms with Crippen molar-refractivity contribution in [3.8, 4) is 17.2 Å². The second kappa shape index (κ2) is 11.0. The smallest absolute Gasteiger partial charge is 0.407 e. The van der Waals surface area contributed by atoms with E-state index in [1.54, 1.807) is 12.1 Å². The van der Waals surface area contributed by atoms with Gasteiger partial charge in [-0.25, -0.2) is 9.78 Å². The fraction of sp³-hybridized carbons (Fsp3) is 0.292. The van der Waals surface area contributed by atoms with Crippen molar-refractivity contribution in [2.75, 3.05) is 13.7 Å². The normalized spacial score (nSPS) is 10.6. The highest BCUT2D eigenvalue weighted by atomic mass is 16.5. The summed E-state index contributed by atoms with van der Waals surface area (Å²) in [6.07, 6.45) is 0.365. The summed E-state index contributed by atoms with van der Waals surface area (Å²) >= 11 is 0. The first-order valence-corrected chi connectivity index (χ1v) is 10.3. The third kappa shape index (κ3) is 6.34. The Morgan fingerprint density at radius 3 is 2.59 bits per heavy atom. The molecule has 3 aromatic rings. The Balaban J connectivity index is 1.64. The van der Waals surface area contributed by atoms with Crippen LogP contribution in [-0.4, -0.2) is 35.9 Å². The molecule has 3 rings (SSSR count). The molecule has 0 radical (unpaired) electrons. The number of aryl methyl sites for hydroxylation is 2. The van der Waals surface area contributed by atoms with E-state index in [4.69, 9.17) is 14.3 Å². The van der Waals surface area contributed by atoms with Crippen LogP contribution >= 0.6 is 0 Å². The molecule has 0 aliphatic rings. The Morgan fingerprint density at radius 2 is 1.88 bits per heavy atom. The number of carbonyl (C=O) groups excluding carboxylic acids is 1. The van der Waals surface area contributed by atoms with Crippen LogP contribution in [-0.2, 0) is 28.9 Å². The van der Waals surface area contributed by atoms with E-state index in [0.717, 1.165) is 28.1 Å². The number of ether oxygens (including phenoxy) is 2. The van der Waals surface area contributed by atoms with Gasteiger partial charge in [-0.15, -0.1) is 0 Å². The Kier molecular flexibility index (Phi) is 7.85. The summed E-state index contributed by atoms with van der Waals surface area (Å²) < 4.78 is 16.3. The number of amides is 1. The topological polar surface area (TPSA) is 111 Å². The van der Waals surface area contributed by atoms with Gasteiger partial charge in [0, 0.05) is 24.9 Å². The summed E-state index contributed by atoms with van der Waals surface area (Å²) in [5, 5.41) is 11.6. The predicted molar refractivity (Wildman–Crippen MR) is 118 cm³/mol. The molecule has 0 aliphatic carbocycles. The molecule has 0 atom stereocenters. The lowest BCUT2D eigenvalue weighted by atomic mass is 10.0. The van der Waals surface area contributed by atoms with E-state index < -0.39 is 12.1 Å². The second-order valence-electron chi connectivity index (χ2n) is 7.16. The molecule has 1 aromatic heterocycles. The van der Waals surface area contributed by atoms with Crippen molar-refractivity contribution in [3.05, 3.63) is 71.1 Å². The molecule has 2 N–H and O–H groups in total. The third-order valence-corrected chi connectivity index (χ3v) is 4.92. The molecule has 0 aliphatic heterocycles. The van der Waals surface area contributed by atoms with Gasteiger partial charge >= 0.3 is 12.1 Å². The Bertz CT molecular complexity index is 1060. The molecule has 1 heterocycles. The fourth-order valence-electron chi connectivity index (χ4n) is 3.21. The van der Waals surface area contributed by atoms with E-state index in [1.807, 2.05) is 43.3 Å². The van der Waals surface area contributed by atoms with E-state index in [1.165, 1.54) is 7.11 Å². The van der Waals surface area contributed by atoms with E-state index in [0.29, 0.717) is 31.1 Å². The van der Waals surface area contributed by atoms with Crippen molar-refractivity contribution < 1.29 is 28.6 Å². The number of methoxy groups -OCH3 is 1. The van der Waals surface area contributed by atoms with Crippen LogP contribution in [0.25, 0.3) is 11.5 Å². The van der Waals surface area contributed by atoms with Gasteiger partial charge in [-0.2, -0.15) is 0 Å². The molecule has 32 heavy (non-hydrogen) atoms. The Hall–Kier alpha value is -3.81. The number of nitrogens with one attached hydrogen (secondary N) is 1. The molecule has 0 unspecified atom stereocenters. The number of carboxylic acid groups (broad SMARTS) is 1. The van der Waals surface area contributed by atoms with E-state index in [9.17, 15) is 9.59 Å². The maximum atomic E-state index is 11.4. The van der Waals surface area contributed by atoms with E-state index in [-0.39, 0.29) is 13.0 Å². The standard InChI is InChI=1S/C24H26N2O6/c1-16-21(26-23(32-16)18-6-4-3-5-7-18)12-13-31-20-10-8-17(9-11-22(27)28)19(14-20)15-25-24(29)30-2/h3-8,10,14H,9,11-13,15H2,1-2H3,(H,25,29)(H,27,28). The lowest BCUT2D eigenvalue weighted by Crippen LogP contribution is -2.23. The minimum Gasteiger partial charge on any atom is -0.493 e. The van der Waals surface area contributed by atoms with Crippen molar-refractivity contribution in [1.82, 2.24) is 10.3 Å². The number of alkyl carbamates (subject to hydrolysis) is 1. The van der Waals surface area contributed by atoms with Crippen LogP contribution in [0.3, 0.4) is 0 Å². The van der Waals surface area contributed by atoms with Crippen LogP contribution in [0.15, 0.2) is 52.9 Å². The zero-order valence-electron chi connectivity index (χ0n) is 18.1. The number of hydrogen-bond donors (Lipinski definition) is 2. The van der Waals surface area contributed by atoms with Gasteiger partial charge in [0.15, 0.2) is 0 Å². The zero-order chi connectivity index (χ0) is 22.9. The maximum Gasteiger partial charge on any atom is 0.407 e. The van der Waals surface area contributed by atoms with Gasteiger partial charge in [-0.1, -0.05) is 24.3 Å². The molecule has 8 heteroatoms. The van der Waals surface area contributed by atoms with Crippen molar-refractivity contribution in [2.24, 2.45) is 0 Å². The average molecular weight is 438 g/mol. The molecule has 8 nitrogen and oxygen atoms in total. The fourth-order valence-corrected chi connectivity index (χ4v) is 3.21. The molecule has 0 bridgehead atoms. The third-order valence-electron chi connectivity index (χ3n) is 4.92. The number of carboxylic acids is 1. The number of aliphatic carboxylic acids is 1. The quantitative estimate of drug-likeness (QED) is 0.489. The highest BCUT2D eigenvalue weighted by Gasteiger charge is 2.12. The number of rotatable bonds is 10. The SMILES string of the molecule is COC(=O)NCc1cc(OCCc2nc(-c3ccccc3)oc2C)ccc1CCC(=O)O. The second-order valence-corrected chi connectivity index (χ2v) is 7.16. The van der Waals surface area contributed by atoms with Crippen LogP contribution in [0.1, 0.15) is 29.0 Å². The number of nitrogens with zero attached hydrogens (tertiary/aromatic N) is 1. The van der Waals surface area contributed by atoms with Gasteiger partial charge in [-0.3, -0.25) is 4.79 Å². The van der Waals surface area contributed by atoms with Gasteiger partial charge < -0.3 is 24.3 Å². The minimum atomic E-state index is -0.880. The first-order valence-electron chi connectivity index (χ1n) is 10.3. The van der Waals surface area contributed by atoms with Gasteiger partial charge in [0.05, 0.1) is 19.4 Å². The molecular weight excluding hydrogens is 412 g/mol. The summed E-state index contributed by atoms with van der Waals surface area (Å²) in [5.41, 5.74) is 3.35.